The monoisotopic (exact) mass is 511 g/mol. The molecule has 5 aromatic rings. The number of benzene rings is 3. The van der Waals surface area contributed by atoms with Crippen LogP contribution in [0.1, 0.15) is 18.4 Å². The van der Waals surface area contributed by atoms with Gasteiger partial charge in [-0.15, -0.1) is 0 Å². The van der Waals surface area contributed by atoms with Gasteiger partial charge in [0.05, 0.1) is 23.1 Å². The van der Waals surface area contributed by atoms with Gasteiger partial charge >= 0.3 is 0 Å². The van der Waals surface area contributed by atoms with E-state index in [1.807, 2.05) is 48.5 Å². The Balaban J connectivity index is 1.36. The van der Waals surface area contributed by atoms with Gasteiger partial charge in [0.15, 0.2) is 11.6 Å². The van der Waals surface area contributed by atoms with Crippen LogP contribution in [-0.4, -0.2) is 52.2 Å². The molecule has 3 N–H and O–H groups in total. The second-order valence-corrected chi connectivity index (χ2v) is 9.34. The van der Waals surface area contributed by atoms with Gasteiger partial charge in [0.25, 0.3) is 0 Å². The van der Waals surface area contributed by atoms with Gasteiger partial charge < -0.3 is 15.2 Å². The van der Waals surface area contributed by atoms with Crippen molar-refractivity contribution < 1.29 is 8.78 Å². The van der Waals surface area contributed by atoms with Gasteiger partial charge in [-0.2, -0.15) is 5.10 Å². The van der Waals surface area contributed by atoms with E-state index in [9.17, 15) is 8.78 Å². The molecular formula is C29H27F2N7. The largest absolute Gasteiger partial charge is 0.368 e. The van der Waals surface area contributed by atoms with Crippen LogP contribution < -0.4 is 10.7 Å². The Hall–Kier alpha value is -4.37. The number of nitrogens with zero attached hydrogens (tertiary/aromatic N) is 4. The molecule has 0 atom stereocenters. The molecule has 7 nitrogen and oxygen atoms in total. The molecule has 1 fully saturated rings. The molecule has 192 valence electrons. The summed E-state index contributed by atoms with van der Waals surface area (Å²) in [5.74, 6) is -0.0612. The fourth-order valence-corrected chi connectivity index (χ4v) is 4.88. The van der Waals surface area contributed by atoms with Gasteiger partial charge in [-0.3, -0.25) is 5.43 Å². The third-order valence-corrected chi connectivity index (χ3v) is 6.80. The summed E-state index contributed by atoms with van der Waals surface area (Å²) in [5.41, 5.74) is 5.94. The van der Waals surface area contributed by atoms with E-state index < -0.39 is 11.6 Å². The van der Waals surface area contributed by atoms with E-state index in [4.69, 9.17) is 9.97 Å². The molecular weight excluding hydrogens is 484 g/mol. The fraction of sp³-hybridized carbons (Fsp3) is 0.207. The van der Waals surface area contributed by atoms with Crippen molar-refractivity contribution >= 4 is 39.5 Å². The molecule has 3 aromatic carbocycles. The van der Waals surface area contributed by atoms with Crippen molar-refractivity contribution in [2.24, 2.45) is 5.10 Å². The molecule has 6 rings (SSSR count). The van der Waals surface area contributed by atoms with Crippen molar-refractivity contribution in [1.29, 1.82) is 0 Å². The van der Waals surface area contributed by atoms with Gasteiger partial charge in [0.1, 0.15) is 11.6 Å². The molecule has 2 aromatic heterocycles. The maximum Gasteiger partial charge on any atom is 0.179 e. The molecule has 3 heterocycles. The predicted octanol–water partition coefficient (Wildman–Crippen LogP) is 6.01. The summed E-state index contributed by atoms with van der Waals surface area (Å²) in [6.07, 6.45) is 4.12. The van der Waals surface area contributed by atoms with Crippen LogP contribution >= 0.6 is 0 Å². The van der Waals surface area contributed by atoms with E-state index in [0.717, 1.165) is 65.4 Å². The molecule has 0 aliphatic carbocycles. The van der Waals surface area contributed by atoms with Crippen LogP contribution in [0, 0.1) is 11.6 Å². The standard InChI is InChI=1S/C29H27F2N7/c30-19-11-12-26(23(31)17-19)37-33-18-22-20-7-1-3-9-24(20)34-27(22)29-35-25-10-4-2-8-21(25)28(36-29)32-13-16-38-14-5-6-15-38/h1-4,7-12,17-18,34,37H,5-6,13-16H2,(H,32,35,36)/b33-18+. The molecule has 9 heteroatoms. The van der Waals surface area contributed by atoms with Gasteiger partial charge in [-0.25, -0.2) is 18.7 Å². The number of nitrogens with one attached hydrogen (secondary N) is 3. The van der Waals surface area contributed by atoms with Crippen LogP contribution in [0.4, 0.5) is 20.3 Å². The summed E-state index contributed by atoms with van der Waals surface area (Å²) >= 11 is 0. The molecule has 1 saturated heterocycles. The first-order valence-corrected chi connectivity index (χ1v) is 12.7. The van der Waals surface area contributed by atoms with Crippen molar-refractivity contribution in [3.63, 3.8) is 0 Å². The first-order chi connectivity index (χ1) is 18.7. The number of likely N-dealkylation sites (tertiary alicyclic amines) is 1. The Kier molecular flexibility index (Phi) is 6.66. The first-order valence-electron chi connectivity index (χ1n) is 12.7. The average Bonchev–Trinajstić information content (AvgIpc) is 3.58. The lowest BCUT2D eigenvalue weighted by Crippen LogP contribution is -2.26. The molecule has 0 amide bonds. The zero-order valence-electron chi connectivity index (χ0n) is 20.7. The van der Waals surface area contributed by atoms with Crippen LogP contribution in [0.5, 0.6) is 0 Å². The lowest BCUT2D eigenvalue weighted by atomic mass is 10.1. The van der Waals surface area contributed by atoms with Crippen LogP contribution in [0.3, 0.4) is 0 Å². The number of fused-ring (bicyclic) bond motifs is 2. The smallest absolute Gasteiger partial charge is 0.179 e. The average molecular weight is 512 g/mol. The van der Waals surface area contributed by atoms with Crippen molar-refractivity contribution in [3.05, 3.63) is 83.9 Å². The number of aromatic amines is 1. The van der Waals surface area contributed by atoms with Crippen molar-refractivity contribution in [2.75, 3.05) is 36.9 Å². The van der Waals surface area contributed by atoms with E-state index in [2.05, 4.69) is 25.7 Å². The highest BCUT2D eigenvalue weighted by atomic mass is 19.1. The highest BCUT2D eigenvalue weighted by molar-refractivity contribution is 6.06. The summed E-state index contributed by atoms with van der Waals surface area (Å²) in [7, 11) is 0. The summed E-state index contributed by atoms with van der Waals surface area (Å²) in [5, 5.41) is 9.66. The van der Waals surface area contributed by atoms with Gasteiger partial charge in [0, 0.05) is 41.0 Å². The second kappa shape index (κ2) is 10.5. The van der Waals surface area contributed by atoms with E-state index in [-0.39, 0.29) is 5.69 Å². The second-order valence-electron chi connectivity index (χ2n) is 9.34. The molecule has 0 bridgehead atoms. The molecule has 0 saturated carbocycles. The molecule has 1 aliphatic rings. The first kappa shape index (κ1) is 24.0. The number of H-pyrrole nitrogens is 1. The number of hydrazone groups is 1. The highest BCUT2D eigenvalue weighted by Crippen LogP contribution is 2.30. The lowest BCUT2D eigenvalue weighted by Gasteiger charge is -2.16. The summed E-state index contributed by atoms with van der Waals surface area (Å²) in [6.45, 7) is 4.04. The summed E-state index contributed by atoms with van der Waals surface area (Å²) in [6, 6.07) is 19.1. The van der Waals surface area contributed by atoms with E-state index in [1.54, 1.807) is 6.21 Å². The minimum Gasteiger partial charge on any atom is -0.368 e. The van der Waals surface area contributed by atoms with Crippen molar-refractivity contribution in [1.82, 2.24) is 19.9 Å². The normalized spacial score (nSPS) is 14.2. The summed E-state index contributed by atoms with van der Waals surface area (Å²) < 4.78 is 27.4. The third-order valence-electron chi connectivity index (χ3n) is 6.80. The Morgan fingerprint density at radius 3 is 2.58 bits per heavy atom. The highest BCUT2D eigenvalue weighted by Gasteiger charge is 2.17. The Morgan fingerprint density at radius 1 is 0.947 bits per heavy atom. The topological polar surface area (TPSA) is 81.2 Å². The van der Waals surface area contributed by atoms with Gasteiger partial charge in [-0.05, 0) is 56.3 Å². The SMILES string of the molecule is Fc1ccc(N/N=C/c2c(-c3nc(NCCN4CCCC4)c4ccccc4n3)[nH]c3ccccc23)c(F)c1. The quantitative estimate of drug-likeness (QED) is 0.176. The van der Waals surface area contributed by atoms with Crippen LogP contribution in [0.25, 0.3) is 33.3 Å². The number of para-hydroxylation sites is 2. The van der Waals surface area contributed by atoms with Gasteiger partial charge in [-0.1, -0.05) is 30.3 Å². The minimum atomic E-state index is -0.719. The number of aromatic nitrogens is 3. The van der Waals surface area contributed by atoms with Crippen LogP contribution in [-0.2, 0) is 0 Å². The third kappa shape index (κ3) is 4.92. The molecule has 0 spiro atoms. The van der Waals surface area contributed by atoms with Crippen molar-refractivity contribution in [3.8, 4) is 11.5 Å². The predicted molar refractivity (Wildman–Crippen MR) is 149 cm³/mol. The Morgan fingerprint density at radius 2 is 1.74 bits per heavy atom. The Bertz CT molecular complexity index is 1620. The molecule has 0 unspecified atom stereocenters. The van der Waals surface area contributed by atoms with E-state index in [0.29, 0.717) is 11.5 Å². The van der Waals surface area contributed by atoms with E-state index in [1.165, 1.54) is 25.0 Å². The zero-order valence-corrected chi connectivity index (χ0v) is 20.7. The Labute approximate surface area is 218 Å². The maximum atomic E-state index is 14.1. The number of anilines is 2. The minimum absolute atomic E-state index is 0.0792. The zero-order chi connectivity index (χ0) is 25.9. The summed E-state index contributed by atoms with van der Waals surface area (Å²) in [4.78, 5) is 15.7. The molecule has 0 radical (unpaired) electrons. The number of hydrogen-bond acceptors (Lipinski definition) is 6. The van der Waals surface area contributed by atoms with Crippen LogP contribution in [0.15, 0.2) is 71.8 Å². The number of rotatable bonds is 8. The van der Waals surface area contributed by atoms with E-state index >= 15 is 0 Å². The number of halogens is 2. The van der Waals surface area contributed by atoms with Gasteiger partial charge in [0.2, 0.25) is 0 Å². The molecule has 1 aliphatic heterocycles. The fourth-order valence-electron chi connectivity index (χ4n) is 4.88. The number of hydrogen-bond donors (Lipinski definition) is 3. The molecule has 38 heavy (non-hydrogen) atoms. The lowest BCUT2D eigenvalue weighted by molar-refractivity contribution is 0.352. The maximum absolute atomic E-state index is 14.1. The van der Waals surface area contributed by atoms with Crippen LogP contribution in [0.2, 0.25) is 0 Å². The van der Waals surface area contributed by atoms with Crippen molar-refractivity contribution in [2.45, 2.75) is 12.8 Å².